The molecule has 0 radical (unpaired) electrons. The van der Waals surface area contributed by atoms with Crippen LogP contribution in [0.4, 0.5) is 22.2 Å². The summed E-state index contributed by atoms with van der Waals surface area (Å²) in [6.07, 6.45) is 5.02. The van der Waals surface area contributed by atoms with E-state index >= 15 is 0 Å². The minimum Gasteiger partial charge on any atom is -0.448 e. The molecule has 0 atom stereocenters. The van der Waals surface area contributed by atoms with Gasteiger partial charge in [0, 0.05) is 13.1 Å². The van der Waals surface area contributed by atoms with Gasteiger partial charge in [-0.2, -0.15) is 4.98 Å². The van der Waals surface area contributed by atoms with Gasteiger partial charge < -0.3 is 20.7 Å². The van der Waals surface area contributed by atoms with E-state index in [2.05, 4.69) is 25.9 Å². The Bertz CT molecular complexity index is 561. The van der Waals surface area contributed by atoms with Crippen molar-refractivity contribution in [2.24, 2.45) is 0 Å². The SMILES string of the molecule is CNC(=O)OCCNc1nc(NC2CCCC2)ncc1[N+](=O)[O-]. The third-order valence-electron chi connectivity index (χ3n) is 3.49. The summed E-state index contributed by atoms with van der Waals surface area (Å²) >= 11 is 0. The van der Waals surface area contributed by atoms with E-state index < -0.39 is 11.0 Å². The molecule has 0 spiro atoms. The minimum absolute atomic E-state index is 0.0617. The molecule has 3 N–H and O–H groups in total. The smallest absolute Gasteiger partial charge is 0.406 e. The zero-order valence-corrected chi connectivity index (χ0v) is 12.9. The Labute approximate surface area is 133 Å². The van der Waals surface area contributed by atoms with Crippen molar-refractivity contribution in [1.82, 2.24) is 15.3 Å². The summed E-state index contributed by atoms with van der Waals surface area (Å²) in [7, 11) is 1.45. The van der Waals surface area contributed by atoms with Crippen molar-refractivity contribution in [2.45, 2.75) is 31.7 Å². The average molecular weight is 324 g/mol. The summed E-state index contributed by atoms with van der Waals surface area (Å²) in [6.45, 7) is 0.264. The number of nitrogens with one attached hydrogen (secondary N) is 3. The molecule has 23 heavy (non-hydrogen) atoms. The highest BCUT2D eigenvalue weighted by Gasteiger charge is 2.20. The molecule has 1 aliphatic rings. The number of rotatable bonds is 7. The lowest BCUT2D eigenvalue weighted by Crippen LogP contribution is -2.23. The lowest BCUT2D eigenvalue weighted by atomic mass is 10.2. The number of carbonyl (C=O) groups is 1. The summed E-state index contributed by atoms with van der Waals surface area (Å²) < 4.78 is 4.81. The maximum absolute atomic E-state index is 11.0. The third-order valence-corrected chi connectivity index (χ3v) is 3.49. The fourth-order valence-corrected chi connectivity index (χ4v) is 2.35. The first-order valence-corrected chi connectivity index (χ1v) is 7.46. The highest BCUT2D eigenvalue weighted by Crippen LogP contribution is 2.24. The van der Waals surface area contributed by atoms with Crippen LogP contribution in [0.5, 0.6) is 0 Å². The van der Waals surface area contributed by atoms with E-state index in [0.29, 0.717) is 12.0 Å². The number of nitro groups is 1. The summed E-state index contributed by atoms with van der Waals surface area (Å²) in [5, 5.41) is 19.3. The molecular formula is C13H20N6O4. The van der Waals surface area contributed by atoms with Gasteiger partial charge in [-0.1, -0.05) is 12.8 Å². The third kappa shape index (κ3) is 4.94. The van der Waals surface area contributed by atoms with E-state index in [0.717, 1.165) is 25.7 Å². The Morgan fingerprint density at radius 3 is 2.87 bits per heavy atom. The van der Waals surface area contributed by atoms with Crippen LogP contribution < -0.4 is 16.0 Å². The first kappa shape index (κ1) is 16.7. The molecule has 1 heterocycles. The maximum Gasteiger partial charge on any atom is 0.406 e. The van der Waals surface area contributed by atoms with E-state index in [1.165, 1.54) is 13.2 Å². The monoisotopic (exact) mass is 324 g/mol. The molecule has 0 aromatic carbocycles. The lowest BCUT2D eigenvalue weighted by Gasteiger charge is -2.13. The van der Waals surface area contributed by atoms with Gasteiger partial charge in [-0.15, -0.1) is 0 Å². The molecule has 1 saturated carbocycles. The van der Waals surface area contributed by atoms with Gasteiger partial charge in [-0.3, -0.25) is 10.1 Å². The highest BCUT2D eigenvalue weighted by atomic mass is 16.6. The average Bonchev–Trinajstić information content (AvgIpc) is 3.04. The van der Waals surface area contributed by atoms with Crippen LogP contribution in [0, 0.1) is 10.1 Å². The number of aromatic nitrogens is 2. The van der Waals surface area contributed by atoms with E-state index in [1.807, 2.05) is 0 Å². The van der Waals surface area contributed by atoms with E-state index in [-0.39, 0.29) is 24.7 Å². The Balaban J connectivity index is 1.98. The molecule has 0 bridgehead atoms. The van der Waals surface area contributed by atoms with Gasteiger partial charge in [-0.05, 0) is 12.8 Å². The van der Waals surface area contributed by atoms with Crippen molar-refractivity contribution in [3.63, 3.8) is 0 Å². The van der Waals surface area contributed by atoms with Crippen molar-refractivity contribution in [3.8, 4) is 0 Å². The number of alkyl carbamates (subject to hydrolysis) is 1. The molecule has 1 aliphatic carbocycles. The van der Waals surface area contributed by atoms with Crippen molar-refractivity contribution in [3.05, 3.63) is 16.3 Å². The Hall–Kier alpha value is -2.65. The van der Waals surface area contributed by atoms with Crippen molar-refractivity contribution in [1.29, 1.82) is 0 Å². The predicted molar refractivity (Wildman–Crippen MR) is 83.5 cm³/mol. The Kier molecular flexibility index (Phi) is 5.89. The minimum atomic E-state index is -0.562. The molecule has 126 valence electrons. The van der Waals surface area contributed by atoms with Crippen LogP contribution in [0.15, 0.2) is 6.20 Å². The largest absolute Gasteiger partial charge is 0.448 e. The van der Waals surface area contributed by atoms with Gasteiger partial charge in [0.1, 0.15) is 12.8 Å². The highest BCUT2D eigenvalue weighted by molar-refractivity contribution is 5.66. The Morgan fingerprint density at radius 2 is 2.22 bits per heavy atom. The van der Waals surface area contributed by atoms with Gasteiger partial charge >= 0.3 is 11.8 Å². The van der Waals surface area contributed by atoms with E-state index in [9.17, 15) is 14.9 Å². The molecule has 0 aliphatic heterocycles. The zero-order chi connectivity index (χ0) is 16.7. The number of hydrogen-bond acceptors (Lipinski definition) is 8. The van der Waals surface area contributed by atoms with E-state index in [4.69, 9.17) is 4.74 Å². The van der Waals surface area contributed by atoms with Crippen molar-refractivity contribution < 1.29 is 14.5 Å². The van der Waals surface area contributed by atoms with Gasteiger partial charge in [0.2, 0.25) is 11.8 Å². The van der Waals surface area contributed by atoms with E-state index in [1.54, 1.807) is 0 Å². The topological polar surface area (TPSA) is 131 Å². The second-order valence-electron chi connectivity index (χ2n) is 5.12. The lowest BCUT2D eigenvalue weighted by molar-refractivity contribution is -0.384. The molecule has 2 rings (SSSR count). The molecular weight excluding hydrogens is 304 g/mol. The van der Waals surface area contributed by atoms with Crippen LogP contribution in [-0.2, 0) is 4.74 Å². The number of carbonyl (C=O) groups excluding carboxylic acids is 1. The normalized spacial score (nSPS) is 14.3. The first-order valence-electron chi connectivity index (χ1n) is 7.46. The zero-order valence-electron chi connectivity index (χ0n) is 12.9. The molecule has 10 nitrogen and oxygen atoms in total. The number of hydrogen-bond donors (Lipinski definition) is 3. The summed E-state index contributed by atoms with van der Waals surface area (Å²) in [5.41, 5.74) is -0.220. The summed E-state index contributed by atoms with van der Waals surface area (Å²) in [5.74, 6) is 0.461. The molecule has 1 fully saturated rings. The number of amides is 1. The fourth-order valence-electron chi connectivity index (χ4n) is 2.35. The fraction of sp³-hybridized carbons (Fsp3) is 0.615. The maximum atomic E-state index is 11.0. The number of ether oxygens (including phenoxy) is 1. The molecule has 10 heteroatoms. The van der Waals surface area contributed by atoms with Crippen molar-refractivity contribution >= 4 is 23.5 Å². The van der Waals surface area contributed by atoms with Crippen LogP contribution in [0.25, 0.3) is 0 Å². The van der Waals surface area contributed by atoms with Crippen LogP contribution in [0.3, 0.4) is 0 Å². The molecule has 1 aromatic heterocycles. The van der Waals surface area contributed by atoms with Crippen LogP contribution in [0.2, 0.25) is 0 Å². The standard InChI is InChI=1S/C13H20N6O4/c1-14-13(20)23-7-6-15-11-10(19(21)22)8-16-12(18-11)17-9-4-2-3-5-9/h8-9H,2-7H2,1H3,(H,14,20)(H2,15,16,17,18). The second-order valence-corrected chi connectivity index (χ2v) is 5.12. The quantitative estimate of drug-likeness (QED) is 0.391. The molecule has 1 aromatic rings. The molecule has 0 saturated heterocycles. The summed E-state index contributed by atoms with van der Waals surface area (Å²) in [6, 6.07) is 0.306. The summed E-state index contributed by atoms with van der Waals surface area (Å²) in [4.78, 5) is 29.6. The predicted octanol–water partition coefficient (Wildman–Crippen LogP) is 1.51. The van der Waals surface area contributed by atoms with Gasteiger partial charge in [0.05, 0.1) is 11.5 Å². The van der Waals surface area contributed by atoms with Gasteiger partial charge in [0.25, 0.3) is 0 Å². The van der Waals surface area contributed by atoms with Gasteiger partial charge in [0.15, 0.2) is 0 Å². The second kappa shape index (κ2) is 8.11. The Morgan fingerprint density at radius 1 is 1.48 bits per heavy atom. The molecule has 0 unspecified atom stereocenters. The van der Waals surface area contributed by atoms with Crippen LogP contribution in [-0.4, -0.2) is 47.2 Å². The molecule has 1 amide bonds. The van der Waals surface area contributed by atoms with Crippen LogP contribution in [0.1, 0.15) is 25.7 Å². The van der Waals surface area contributed by atoms with Crippen molar-refractivity contribution in [2.75, 3.05) is 30.8 Å². The van der Waals surface area contributed by atoms with Gasteiger partial charge in [-0.25, -0.2) is 9.78 Å². The number of nitrogens with zero attached hydrogens (tertiary/aromatic N) is 3. The van der Waals surface area contributed by atoms with Crippen LogP contribution >= 0.6 is 0 Å². The first-order chi connectivity index (χ1) is 11.1. The number of anilines is 2.